The van der Waals surface area contributed by atoms with E-state index in [0.717, 1.165) is 10.6 Å². The molecular formula is C22H25ClN4O5S. The van der Waals surface area contributed by atoms with E-state index in [0.29, 0.717) is 34.3 Å². The third kappa shape index (κ3) is 6.02. The third-order valence-corrected chi connectivity index (χ3v) is 6.49. The molecule has 2 aromatic carbocycles. The van der Waals surface area contributed by atoms with Gasteiger partial charge >= 0.3 is 0 Å². The topological polar surface area (TPSA) is 106 Å². The van der Waals surface area contributed by atoms with Gasteiger partial charge in [0.25, 0.3) is 5.91 Å². The fourth-order valence-electron chi connectivity index (χ4n) is 3.00. The van der Waals surface area contributed by atoms with E-state index in [2.05, 4.69) is 10.1 Å². The van der Waals surface area contributed by atoms with Crippen LogP contribution in [0.1, 0.15) is 19.2 Å². The Morgan fingerprint density at radius 3 is 2.42 bits per heavy atom. The second kappa shape index (κ2) is 10.2. The van der Waals surface area contributed by atoms with Gasteiger partial charge in [-0.25, -0.2) is 8.42 Å². The molecule has 0 unspecified atom stereocenters. The van der Waals surface area contributed by atoms with Crippen LogP contribution in [-0.2, 0) is 21.4 Å². The molecule has 9 nitrogen and oxygen atoms in total. The lowest BCUT2D eigenvalue weighted by Gasteiger charge is -2.23. The first-order valence-corrected chi connectivity index (χ1v) is 12.4. The smallest absolute Gasteiger partial charge is 0.263 e. The molecule has 0 aliphatic carbocycles. The number of hydrogen-bond donors (Lipinski definition) is 0. The number of aromatic nitrogens is 2. The number of amides is 1. The first-order valence-electron chi connectivity index (χ1n) is 10.1. The van der Waals surface area contributed by atoms with Crippen molar-refractivity contribution in [1.82, 2.24) is 15.0 Å². The average Bonchev–Trinajstić information content (AvgIpc) is 3.24. The highest BCUT2D eigenvalue weighted by atomic mass is 35.5. The SMILES string of the molecule is CC[C@@H](Oc1ccc(N(C)S(C)(=O)=O)cc1)C(=O)N(C)Cc1nc(-c2ccccc2Cl)no1. The van der Waals surface area contributed by atoms with Gasteiger partial charge in [-0.1, -0.05) is 35.8 Å². The Kier molecular flexibility index (Phi) is 7.60. The van der Waals surface area contributed by atoms with Gasteiger partial charge in [0.15, 0.2) is 6.10 Å². The highest BCUT2D eigenvalue weighted by molar-refractivity contribution is 7.92. The number of hydrogen-bond acceptors (Lipinski definition) is 7. The van der Waals surface area contributed by atoms with Gasteiger partial charge in [0.1, 0.15) is 5.75 Å². The largest absolute Gasteiger partial charge is 0.481 e. The van der Waals surface area contributed by atoms with Crippen molar-refractivity contribution >= 4 is 33.2 Å². The van der Waals surface area contributed by atoms with E-state index < -0.39 is 16.1 Å². The minimum atomic E-state index is -3.36. The molecule has 33 heavy (non-hydrogen) atoms. The highest BCUT2D eigenvalue weighted by Crippen LogP contribution is 2.25. The van der Waals surface area contributed by atoms with E-state index in [9.17, 15) is 13.2 Å². The molecule has 0 aliphatic rings. The highest BCUT2D eigenvalue weighted by Gasteiger charge is 2.24. The summed E-state index contributed by atoms with van der Waals surface area (Å²) in [6, 6.07) is 13.6. The molecule has 3 rings (SSSR count). The van der Waals surface area contributed by atoms with Crippen LogP contribution in [0.25, 0.3) is 11.4 Å². The number of likely N-dealkylation sites (N-methyl/N-ethyl adjacent to an activating group) is 1. The van der Waals surface area contributed by atoms with Crippen molar-refractivity contribution in [2.45, 2.75) is 26.0 Å². The van der Waals surface area contributed by atoms with E-state index in [1.165, 1.54) is 11.9 Å². The zero-order valence-electron chi connectivity index (χ0n) is 18.7. The van der Waals surface area contributed by atoms with E-state index in [-0.39, 0.29) is 18.3 Å². The van der Waals surface area contributed by atoms with Gasteiger partial charge in [-0.05, 0) is 42.8 Å². The van der Waals surface area contributed by atoms with Gasteiger partial charge in [0.05, 0.1) is 23.5 Å². The minimum Gasteiger partial charge on any atom is -0.481 e. The number of rotatable bonds is 9. The van der Waals surface area contributed by atoms with Crippen molar-refractivity contribution in [1.29, 1.82) is 0 Å². The number of nitrogens with zero attached hydrogens (tertiary/aromatic N) is 4. The molecule has 0 N–H and O–H groups in total. The van der Waals surface area contributed by atoms with Gasteiger partial charge in [-0.3, -0.25) is 9.10 Å². The van der Waals surface area contributed by atoms with Gasteiger partial charge < -0.3 is 14.2 Å². The molecule has 0 radical (unpaired) electrons. The van der Waals surface area contributed by atoms with Gasteiger partial charge in [-0.15, -0.1) is 0 Å². The summed E-state index contributed by atoms with van der Waals surface area (Å²) in [6.07, 6.45) is 0.822. The predicted octanol–water partition coefficient (Wildman–Crippen LogP) is 3.60. The van der Waals surface area contributed by atoms with Gasteiger partial charge in [0, 0.05) is 19.7 Å². The summed E-state index contributed by atoms with van der Waals surface area (Å²) in [5.74, 6) is 0.808. The maximum atomic E-state index is 12.9. The van der Waals surface area contributed by atoms with Crippen LogP contribution in [0.2, 0.25) is 5.02 Å². The quantitative estimate of drug-likeness (QED) is 0.449. The van der Waals surface area contributed by atoms with Crippen molar-refractivity contribution in [3.05, 3.63) is 59.4 Å². The van der Waals surface area contributed by atoms with Crippen molar-refractivity contribution in [3.63, 3.8) is 0 Å². The Morgan fingerprint density at radius 2 is 1.82 bits per heavy atom. The molecule has 0 fully saturated rings. The zero-order valence-corrected chi connectivity index (χ0v) is 20.3. The first-order chi connectivity index (χ1) is 15.6. The lowest BCUT2D eigenvalue weighted by molar-refractivity contribution is -0.138. The second-order valence-corrected chi connectivity index (χ2v) is 9.85. The van der Waals surface area contributed by atoms with Crippen LogP contribution >= 0.6 is 11.6 Å². The van der Waals surface area contributed by atoms with Crippen molar-refractivity contribution in [2.75, 3.05) is 24.7 Å². The van der Waals surface area contributed by atoms with E-state index >= 15 is 0 Å². The molecule has 0 aliphatic heterocycles. The Labute approximate surface area is 198 Å². The molecule has 1 atom stereocenters. The molecule has 1 heterocycles. The monoisotopic (exact) mass is 492 g/mol. The zero-order chi connectivity index (χ0) is 24.2. The number of halogens is 1. The van der Waals surface area contributed by atoms with Crippen LogP contribution in [0.15, 0.2) is 53.1 Å². The molecule has 3 aromatic rings. The lowest BCUT2D eigenvalue weighted by Crippen LogP contribution is -2.39. The Hall–Kier alpha value is -3.11. The Balaban J connectivity index is 1.65. The van der Waals surface area contributed by atoms with Gasteiger partial charge in [-0.2, -0.15) is 4.98 Å². The molecule has 0 saturated heterocycles. The van der Waals surface area contributed by atoms with Crippen molar-refractivity contribution in [2.24, 2.45) is 0 Å². The maximum Gasteiger partial charge on any atom is 0.263 e. The number of carbonyl (C=O) groups excluding carboxylic acids is 1. The summed E-state index contributed by atoms with van der Waals surface area (Å²) in [5, 5.41) is 4.45. The summed E-state index contributed by atoms with van der Waals surface area (Å²) in [6.45, 7) is 1.94. The number of sulfonamides is 1. The molecule has 176 valence electrons. The van der Waals surface area contributed by atoms with E-state index in [4.69, 9.17) is 20.9 Å². The minimum absolute atomic E-state index is 0.105. The normalized spacial score (nSPS) is 12.3. The van der Waals surface area contributed by atoms with Crippen LogP contribution in [0.5, 0.6) is 5.75 Å². The van der Waals surface area contributed by atoms with Crippen LogP contribution in [0.3, 0.4) is 0 Å². The predicted molar refractivity (Wildman–Crippen MR) is 126 cm³/mol. The summed E-state index contributed by atoms with van der Waals surface area (Å²) < 4.78 is 35.6. The summed E-state index contributed by atoms with van der Waals surface area (Å²) in [7, 11) is -0.277. The standard InChI is InChI=1S/C22H25ClN4O5S/c1-5-19(31-16-12-10-15(11-13-16)27(3)33(4,29)30)22(28)26(2)14-20-24-21(25-32-20)17-8-6-7-9-18(17)23/h6-13,19H,5,14H2,1-4H3/t19-/m1/s1. The van der Waals surface area contributed by atoms with E-state index in [1.54, 1.807) is 43.4 Å². The number of carbonyl (C=O) groups is 1. The number of ether oxygens (including phenoxy) is 1. The number of anilines is 1. The number of benzene rings is 2. The molecule has 11 heteroatoms. The molecule has 1 aromatic heterocycles. The Bertz CT molecular complexity index is 1210. The molecule has 0 spiro atoms. The molecular weight excluding hydrogens is 468 g/mol. The molecule has 1 amide bonds. The van der Waals surface area contributed by atoms with E-state index in [1.807, 2.05) is 19.1 Å². The third-order valence-electron chi connectivity index (χ3n) is 4.95. The van der Waals surface area contributed by atoms with Crippen LogP contribution < -0.4 is 9.04 Å². The molecule has 0 saturated carbocycles. The lowest BCUT2D eigenvalue weighted by atomic mass is 10.2. The fraction of sp³-hybridized carbons (Fsp3) is 0.318. The maximum absolute atomic E-state index is 12.9. The van der Waals surface area contributed by atoms with Crippen molar-refractivity contribution < 1.29 is 22.5 Å². The van der Waals surface area contributed by atoms with Crippen LogP contribution in [-0.4, -0.2) is 55.8 Å². The average molecular weight is 493 g/mol. The summed E-state index contributed by atoms with van der Waals surface area (Å²) >= 11 is 6.18. The Morgan fingerprint density at radius 1 is 1.15 bits per heavy atom. The summed E-state index contributed by atoms with van der Waals surface area (Å²) in [4.78, 5) is 18.7. The fourth-order valence-corrected chi connectivity index (χ4v) is 3.72. The molecule has 0 bridgehead atoms. The van der Waals surface area contributed by atoms with Crippen LogP contribution in [0.4, 0.5) is 5.69 Å². The van der Waals surface area contributed by atoms with Crippen LogP contribution in [0, 0.1) is 0 Å². The van der Waals surface area contributed by atoms with Crippen molar-refractivity contribution in [3.8, 4) is 17.1 Å². The summed E-state index contributed by atoms with van der Waals surface area (Å²) in [5.41, 5.74) is 1.13. The second-order valence-electron chi connectivity index (χ2n) is 7.42. The van der Waals surface area contributed by atoms with Gasteiger partial charge in [0.2, 0.25) is 21.7 Å². The first kappa shape index (κ1) is 24.5.